The molecular weight excluding hydrogens is 381 g/mol. The minimum atomic E-state index is 0.150. The van der Waals surface area contributed by atoms with Crippen molar-refractivity contribution in [1.29, 1.82) is 0 Å². The second kappa shape index (κ2) is 9.56. The normalized spacial score (nSPS) is 10.4. The van der Waals surface area contributed by atoms with Crippen molar-refractivity contribution < 1.29 is 5.11 Å². The molecule has 1 aromatic heterocycles. The smallest absolute Gasteiger partial charge is 0.167 e. The number of phenolic OH excluding ortho intramolecular Hbond substituents is 1. The van der Waals surface area contributed by atoms with E-state index >= 15 is 0 Å². The monoisotopic (exact) mass is 407 g/mol. The quantitative estimate of drug-likeness (QED) is 0.422. The van der Waals surface area contributed by atoms with Gasteiger partial charge in [0.2, 0.25) is 0 Å². The van der Waals surface area contributed by atoms with Gasteiger partial charge in [0.25, 0.3) is 0 Å². The van der Waals surface area contributed by atoms with E-state index in [-0.39, 0.29) is 5.75 Å². The topological polar surface area (TPSA) is 58.9 Å². The Hall–Kier alpha value is -3.47. The average molecular weight is 407 g/mol. The third-order valence-corrected chi connectivity index (χ3v) is 5.03. The van der Waals surface area contributed by atoms with E-state index in [4.69, 9.17) is 15.0 Å². The molecule has 0 aliphatic rings. The molecule has 0 spiro atoms. The van der Waals surface area contributed by atoms with Gasteiger partial charge in [-0.1, -0.05) is 66.5 Å². The summed E-state index contributed by atoms with van der Waals surface area (Å²) in [6, 6.07) is 19.6. The summed E-state index contributed by atoms with van der Waals surface area (Å²) >= 11 is 0. The molecule has 0 aliphatic heterocycles. The van der Waals surface area contributed by atoms with E-state index < -0.39 is 0 Å². The van der Waals surface area contributed by atoms with Crippen molar-refractivity contribution in [3.8, 4) is 39.9 Å². The van der Waals surface area contributed by atoms with E-state index in [1.165, 1.54) is 17.9 Å². The Morgan fingerprint density at radius 3 is 1.42 bits per heavy atom. The summed E-state index contributed by atoms with van der Waals surface area (Å²) in [5.74, 6) is 1.82. The van der Waals surface area contributed by atoms with Gasteiger partial charge in [-0.15, -0.1) is 0 Å². The Labute approximate surface area is 185 Å². The molecule has 154 valence electrons. The van der Waals surface area contributed by atoms with E-state index in [1.807, 2.05) is 24.3 Å². The highest BCUT2D eigenvalue weighted by Crippen LogP contribution is 2.31. The van der Waals surface area contributed by atoms with Crippen LogP contribution in [0.3, 0.4) is 0 Å². The fourth-order valence-electron chi connectivity index (χ4n) is 3.53. The maximum Gasteiger partial charge on any atom is 0.167 e. The number of aromatic nitrogens is 3. The maximum atomic E-state index is 10.4. The van der Waals surface area contributed by atoms with Crippen LogP contribution in [0.2, 0.25) is 6.82 Å². The minimum absolute atomic E-state index is 0.150. The number of aryl methyl sites for hydroxylation is 4. The van der Waals surface area contributed by atoms with Gasteiger partial charge in [0.05, 0.1) is 13.4 Å². The van der Waals surface area contributed by atoms with Crippen molar-refractivity contribution in [3.05, 3.63) is 82.9 Å². The maximum absolute atomic E-state index is 10.4. The van der Waals surface area contributed by atoms with Crippen molar-refractivity contribution in [2.45, 2.75) is 34.5 Å². The lowest BCUT2D eigenvalue weighted by Gasteiger charge is -2.12. The molecule has 2 radical (unpaired) electrons. The lowest BCUT2D eigenvalue weighted by Crippen LogP contribution is -2.02. The van der Waals surface area contributed by atoms with Gasteiger partial charge in [-0.05, 0) is 51.0 Å². The summed E-state index contributed by atoms with van der Waals surface area (Å²) in [6.07, 6.45) is 0. The molecule has 5 heteroatoms. The van der Waals surface area contributed by atoms with Crippen molar-refractivity contribution in [1.82, 2.24) is 15.0 Å². The van der Waals surface area contributed by atoms with Crippen LogP contribution in [0.5, 0.6) is 5.75 Å². The first-order chi connectivity index (χ1) is 14.9. The highest BCUT2D eigenvalue weighted by Gasteiger charge is 2.16. The molecule has 31 heavy (non-hydrogen) atoms. The van der Waals surface area contributed by atoms with Crippen LogP contribution in [-0.4, -0.2) is 27.9 Å². The molecule has 4 rings (SSSR count). The minimum Gasteiger partial charge on any atom is -0.507 e. The lowest BCUT2D eigenvalue weighted by molar-refractivity contribution is 0.477. The molecule has 3 aromatic carbocycles. The molecule has 0 unspecified atom stereocenters. The second-order valence-corrected chi connectivity index (χ2v) is 7.46. The first-order valence-corrected chi connectivity index (χ1v) is 10.2. The van der Waals surface area contributed by atoms with Gasteiger partial charge in [-0.2, -0.15) is 0 Å². The van der Waals surface area contributed by atoms with Crippen LogP contribution < -0.4 is 0 Å². The summed E-state index contributed by atoms with van der Waals surface area (Å²) in [4.78, 5) is 14.2. The second-order valence-electron chi connectivity index (χ2n) is 7.46. The molecule has 4 nitrogen and oxygen atoms in total. The molecule has 0 bridgehead atoms. The Bertz CT molecular complexity index is 1150. The number of hydrogen-bond acceptors (Lipinski definition) is 4. The van der Waals surface area contributed by atoms with Crippen molar-refractivity contribution in [2.24, 2.45) is 0 Å². The van der Waals surface area contributed by atoms with Crippen LogP contribution in [0.1, 0.15) is 22.3 Å². The van der Waals surface area contributed by atoms with Gasteiger partial charge < -0.3 is 5.11 Å². The number of phenols is 1. The molecule has 0 atom stereocenters. The molecule has 1 N–H and O–H groups in total. The largest absolute Gasteiger partial charge is 0.507 e. The molecular formula is C26H26BN3O. The SMILES string of the molecule is Cc1ccc(-c2nc(-c3ccc(C)cc3C)nc(-c3ccccc3O)n2)c(C)c1.[B]C. The first-order valence-electron chi connectivity index (χ1n) is 10.2. The number of rotatable bonds is 3. The van der Waals surface area contributed by atoms with Crippen molar-refractivity contribution >= 4 is 7.85 Å². The highest BCUT2D eigenvalue weighted by molar-refractivity contribution is 6.05. The third kappa shape index (κ3) is 4.83. The van der Waals surface area contributed by atoms with Gasteiger partial charge in [0, 0.05) is 11.1 Å². The number of nitrogens with zero attached hydrogens (tertiary/aromatic N) is 3. The van der Waals surface area contributed by atoms with Gasteiger partial charge in [-0.25, -0.2) is 15.0 Å². The predicted octanol–water partition coefficient (Wildman–Crippen LogP) is 6.01. The molecule has 0 saturated carbocycles. The van der Waals surface area contributed by atoms with Gasteiger partial charge in [0.1, 0.15) is 5.75 Å². The van der Waals surface area contributed by atoms with Gasteiger partial charge in [0.15, 0.2) is 17.5 Å². The van der Waals surface area contributed by atoms with E-state index in [1.54, 1.807) is 12.1 Å². The highest BCUT2D eigenvalue weighted by atomic mass is 16.3. The molecule has 0 saturated heterocycles. The van der Waals surface area contributed by atoms with E-state index in [9.17, 15) is 5.11 Å². The van der Waals surface area contributed by atoms with Crippen LogP contribution in [0.15, 0.2) is 60.7 Å². The van der Waals surface area contributed by atoms with Crippen LogP contribution in [0.4, 0.5) is 0 Å². The zero-order valence-electron chi connectivity index (χ0n) is 18.6. The molecule has 0 fully saturated rings. The Kier molecular flexibility index (Phi) is 6.86. The molecule has 0 amide bonds. The number of aromatic hydroxyl groups is 1. The van der Waals surface area contributed by atoms with Crippen LogP contribution in [0.25, 0.3) is 34.2 Å². The molecule has 1 heterocycles. The summed E-state index contributed by atoms with van der Waals surface area (Å²) < 4.78 is 0. The molecule has 0 aliphatic carbocycles. The third-order valence-electron chi connectivity index (χ3n) is 5.03. The first kappa shape index (κ1) is 22.2. The van der Waals surface area contributed by atoms with E-state index in [2.05, 4.69) is 59.8 Å². The predicted molar refractivity (Wildman–Crippen MR) is 128 cm³/mol. The van der Waals surface area contributed by atoms with Crippen LogP contribution in [-0.2, 0) is 0 Å². The average Bonchev–Trinajstić information content (AvgIpc) is 2.75. The van der Waals surface area contributed by atoms with E-state index in [0.717, 1.165) is 22.3 Å². The summed E-state index contributed by atoms with van der Waals surface area (Å²) in [7, 11) is 4.50. The number of para-hydroxylation sites is 1. The van der Waals surface area contributed by atoms with Crippen LogP contribution >= 0.6 is 0 Å². The summed E-state index contributed by atoms with van der Waals surface area (Å²) in [6.45, 7) is 9.75. The Morgan fingerprint density at radius 1 is 0.581 bits per heavy atom. The Morgan fingerprint density at radius 2 is 1.00 bits per heavy atom. The summed E-state index contributed by atoms with van der Waals surface area (Å²) in [5.41, 5.74) is 7.09. The van der Waals surface area contributed by atoms with Crippen molar-refractivity contribution in [2.75, 3.05) is 0 Å². The van der Waals surface area contributed by atoms with E-state index in [0.29, 0.717) is 23.0 Å². The Balaban J connectivity index is 0.00000132. The number of hydrogen-bond donors (Lipinski definition) is 1. The zero-order chi connectivity index (χ0) is 22.5. The standard InChI is InChI=1S/C25H23N3O.CH3B/c1-15-9-11-19(17(3)13-15)23-26-24(20-12-10-16(2)14-18(20)4)28-25(27-23)21-7-5-6-8-22(21)29;1-2/h5-14,29H,1-4H3;1H3. The fraction of sp³-hybridized carbons (Fsp3) is 0.192. The van der Waals surface area contributed by atoms with Crippen LogP contribution in [0, 0.1) is 27.7 Å². The lowest BCUT2D eigenvalue weighted by atomic mass is 10.0. The fourth-order valence-corrected chi connectivity index (χ4v) is 3.53. The van der Waals surface area contributed by atoms with Crippen molar-refractivity contribution in [3.63, 3.8) is 0 Å². The van der Waals surface area contributed by atoms with Gasteiger partial charge >= 0.3 is 0 Å². The zero-order valence-corrected chi connectivity index (χ0v) is 18.6. The molecule has 4 aromatic rings. The number of benzene rings is 3. The summed E-state index contributed by atoms with van der Waals surface area (Å²) in [5, 5.41) is 10.4. The van der Waals surface area contributed by atoms with Gasteiger partial charge in [-0.3, -0.25) is 0 Å².